The normalized spacial score (nSPS) is 25.2. The summed E-state index contributed by atoms with van der Waals surface area (Å²) in [6.45, 7) is 3.86. The van der Waals surface area contributed by atoms with Crippen LogP contribution in [0.1, 0.15) is 45.4 Å². The summed E-state index contributed by atoms with van der Waals surface area (Å²) in [5, 5.41) is 12.5. The molecule has 0 aromatic heterocycles. The van der Waals surface area contributed by atoms with E-state index in [1.54, 1.807) is 0 Å². The smallest absolute Gasteiger partial charge is 0.239 e. The molecule has 4 heteroatoms. The Morgan fingerprint density at radius 2 is 1.88 bits per heavy atom. The first-order chi connectivity index (χ1) is 8.17. The number of hydrogen-bond donors (Lipinski definition) is 2. The average Bonchev–Trinajstić information content (AvgIpc) is 3.11. The molecule has 1 amide bonds. The van der Waals surface area contributed by atoms with Gasteiger partial charge in [-0.25, -0.2) is 0 Å². The van der Waals surface area contributed by atoms with E-state index in [9.17, 15) is 9.90 Å². The summed E-state index contributed by atoms with van der Waals surface area (Å²) in [5.41, 5.74) is -0.152. The zero-order chi connectivity index (χ0) is 12.3. The molecule has 1 aliphatic carbocycles. The van der Waals surface area contributed by atoms with Gasteiger partial charge >= 0.3 is 0 Å². The van der Waals surface area contributed by atoms with Crippen molar-refractivity contribution in [3.05, 3.63) is 0 Å². The number of carbonyl (C=O) groups excluding carboxylic acids is 1. The molecule has 2 fully saturated rings. The summed E-state index contributed by atoms with van der Waals surface area (Å²) < 4.78 is 0. The first-order valence-electron chi connectivity index (χ1n) is 6.84. The van der Waals surface area contributed by atoms with Crippen molar-refractivity contribution in [2.75, 3.05) is 19.7 Å². The number of likely N-dealkylation sites (tertiary alicyclic amines) is 1. The Bertz CT molecular complexity index is 269. The van der Waals surface area contributed by atoms with Crippen LogP contribution in [-0.4, -0.2) is 47.2 Å². The summed E-state index contributed by atoms with van der Waals surface area (Å²) in [7, 11) is 0. The molecule has 0 spiro atoms. The third-order valence-corrected chi connectivity index (χ3v) is 3.97. The highest BCUT2D eigenvalue weighted by atomic mass is 16.3. The Kier molecular flexibility index (Phi) is 4.05. The molecule has 1 unspecified atom stereocenters. The molecule has 0 bridgehead atoms. The number of hydrogen-bond acceptors (Lipinski definition) is 3. The van der Waals surface area contributed by atoms with Crippen molar-refractivity contribution in [1.82, 2.24) is 10.2 Å². The van der Waals surface area contributed by atoms with Crippen molar-refractivity contribution in [3.63, 3.8) is 0 Å². The first kappa shape index (κ1) is 12.8. The van der Waals surface area contributed by atoms with E-state index < -0.39 is 0 Å². The van der Waals surface area contributed by atoms with Gasteiger partial charge in [-0.15, -0.1) is 0 Å². The van der Waals surface area contributed by atoms with Gasteiger partial charge in [0.25, 0.3) is 0 Å². The third-order valence-electron chi connectivity index (χ3n) is 3.97. The molecule has 1 aliphatic heterocycles. The highest BCUT2D eigenvalue weighted by Gasteiger charge is 2.44. The molecule has 1 saturated heterocycles. The van der Waals surface area contributed by atoms with Crippen molar-refractivity contribution in [2.45, 2.75) is 57.0 Å². The van der Waals surface area contributed by atoms with Crippen LogP contribution < -0.4 is 5.32 Å². The van der Waals surface area contributed by atoms with Gasteiger partial charge in [0, 0.05) is 18.6 Å². The van der Waals surface area contributed by atoms with Crippen molar-refractivity contribution in [3.8, 4) is 0 Å². The number of nitrogens with zero attached hydrogens (tertiary/aromatic N) is 1. The molecule has 17 heavy (non-hydrogen) atoms. The van der Waals surface area contributed by atoms with Gasteiger partial charge in [0.15, 0.2) is 0 Å². The number of nitrogens with one attached hydrogen (secondary N) is 1. The lowest BCUT2D eigenvalue weighted by Gasteiger charge is -2.27. The molecule has 2 N–H and O–H groups in total. The maximum Gasteiger partial charge on any atom is 0.239 e. The Morgan fingerprint density at radius 3 is 2.35 bits per heavy atom. The minimum Gasteiger partial charge on any atom is -0.394 e. The lowest BCUT2D eigenvalue weighted by atomic mass is 10.2. The zero-order valence-electron chi connectivity index (χ0n) is 10.7. The van der Waals surface area contributed by atoms with E-state index in [0.717, 1.165) is 38.8 Å². The number of aliphatic hydroxyl groups excluding tert-OH is 1. The Hall–Kier alpha value is -0.610. The predicted molar refractivity (Wildman–Crippen MR) is 66.7 cm³/mol. The Balaban J connectivity index is 1.85. The molecule has 98 valence electrons. The van der Waals surface area contributed by atoms with Crippen LogP contribution >= 0.6 is 0 Å². The molecule has 0 aromatic carbocycles. The maximum atomic E-state index is 12.3. The van der Waals surface area contributed by atoms with Crippen LogP contribution in [0.4, 0.5) is 0 Å². The minimum atomic E-state index is -0.164. The molecular weight excluding hydrogens is 216 g/mol. The molecule has 1 heterocycles. The molecule has 4 nitrogen and oxygen atoms in total. The van der Waals surface area contributed by atoms with Crippen LogP contribution in [0.2, 0.25) is 0 Å². The van der Waals surface area contributed by atoms with Crippen molar-refractivity contribution < 1.29 is 9.90 Å². The van der Waals surface area contributed by atoms with Gasteiger partial charge in [-0.2, -0.15) is 0 Å². The summed E-state index contributed by atoms with van der Waals surface area (Å²) in [5.74, 6) is 0.201. The monoisotopic (exact) mass is 240 g/mol. The van der Waals surface area contributed by atoms with Gasteiger partial charge in [0.1, 0.15) is 0 Å². The van der Waals surface area contributed by atoms with Crippen LogP contribution in [-0.2, 0) is 4.79 Å². The molecular formula is C13H24N2O2. The molecule has 2 rings (SSSR count). The van der Waals surface area contributed by atoms with Crippen LogP contribution in [0.3, 0.4) is 0 Å². The maximum absolute atomic E-state index is 12.3. The number of aliphatic hydroxyl groups is 1. The third kappa shape index (κ3) is 3.19. The van der Waals surface area contributed by atoms with Crippen molar-refractivity contribution in [1.29, 1.82) is 0 Å². The lowest BCUT2D eigenvalue weighted by molar-refractivity contribution is -0.133. The van der Waals surface area contributed by atoms with Gasteiger partial charge in [-0.3, -0.25) is 10.1 Å². The van der Waals surface area contributed by atoms with Crippen molar-refractivity contribution in [2.24, 2.45) is 0 Å². The van der Waals surface area contributed by atoms with Gasteiger partial charge in [0.05, 0.1) is 12.6 Å². The van der Waals surface area contributed by atoms with E-state index in [2.05, 4.69) is 5.32 Å². The predicted octanol–water partition coefficient (Wildman–Crippen LogP) is 0.892. The molecule has 1 saturated carbocycles. The quantitative estimate of drug-likeness (QED) is 0.767. The van der Waals surface area contributed by atoms with E-state index in [1.165, 1.54) is 12.8 Å². The fourth-order valence-corrected chi connectivity index (χ4v) is 2.58. The summed E-state index contributed by atoms with van der Waals surface area (Å²) in [6.07, 6.45) is 6.72. The number of carbonyl (C=O) groups is 1. The minimum absolute atomic E-state index is 0.143. The Labute approximate surface area is 103 Å². The van der Waals surface area contributed by atoms with Crippen LogP contribution in [0.25, 0.3) is 0 Å². The van der Waals surface area contributed by atoms with E-state index in [4.69, 9.17) is 0 Å². The average molecular weight is 240 g/mol. The van der Waals surface area contributed by atoms with Gasteiger partial charge in [0.2, 0.25) is 5.91 Å². The summed E-state index contributed by atoms with van der Waals surface area (Å²) in [6, 6.07) is -0.164. The fraction of sp³-hybridized carbons (Fsp3) is 0.923. The van der Waals surface area contributed by atoms with Crippen LogP contribution in [0, 0.1) is 0 Å². The van der Waals surface area contributed by atoms with E-state index >= 15 is 0 Å². The van der Waals surface area contributed by atoms with Crippen molar-refractivity contribution >= 4 is 5.91 Å². The number of amides is 1. The van der Waals surface area contributed by atoms with Crippen LogP contribution in [0.5, 0.6) is 0 Å². The molecule has 0 aromatic rings. The second kappa shape index (κ2) is 5.36. The van der Waals surface area contributed by atoms with Crippen LogP contribution in [0.15, 0.2) is 0 Å². The lowest BCUT2D eigenvalue weighted by Crippen LogP contribution is -2.50. The largest absolute Gasteiger partial charge is 0.394 e. The van der Waals surface area contributed by atoms with Gasteiger partial charge < -0.3 is 10.0 Å². The zero-order valence-corrected chi connectivity index (χ0v) is 10.7. The Morgan fingerprint density at radius 1 is 1.29 bits per heavy atom. The highest BCUT2D eigenvalue weighted by molar-refractivity contribution is 5.81. The van der Waals surface area contributed by atoms with Gasteiger partial charge in [-0.1, -0.05) is 12.8 Å². The molecule has 2 aliphatic rings. The van der Waals surface area contributed by atoms with E-state index in [0.29, 0.717) is 0 Å². The molecule has 0 radical (unpaired) electrons. The molecule has 1 atom stereocenters. The highest BCUT2D eigenvalue weighted by Crippen LogP contribution is 2.35. The summed E-state index contributed by atoms with van der Waals surface area (Å²) >= 11 is 0. The van der Waals surface area contributed by atoms with E-state index in [1.807, 2.05) is 11.8 Å². The topological polar surface area (TPSA) is 52.6 Å². The first-order valence-corrected chi connectivity index (χ1v) is 6.84. The second-order valence-corrected chi connectivity index (χ2v) is 5.54. The van der Waals surface area contributed by atoms with Gasteiger partial charge in [-0.05, 0) is 32.6 Å². The summed E-state index contributed by atoms with van der Waals surface area (Å²) in [4.78, 5) is 14.2. The van der Waals surface area contributed by atoms with E-state index in [-0.39, 0.29) is 24.1 Å². The standard InChI is InChI=1S/C13H24N2O2/c1-11(14-13(10-16)6-7-13)12(17)15-8-4-2-3-5-9-15/h11,14,16H,2-10H2,1H3. The number of rotatable bonds is 4. The second-order valence-electron chi connectivity index (χ2n) is 5.54. The SMILES string of the molecule is CC(NC1(CO)CC1)C(=O)N1CCCCCC1. The fourth-order valence-electron chi connectivity index (χ4n) is 2.58.